The van der Waals surface area contributed by atoms with Crippen LogP contribution in [0.1, 0.15) is 25.3 Å². The minimum atomic E-state index is 0.322. The fraction of sp³-hybridized carbons (Fsp3) is 0.375. The molecule has 0 aliphatic rings. The topological polar surface area (TPSA) is 53.1 Å². The van der Waals surface area contributed by atoms with Crippen LogP contribution in [-0.2, 0) is 0 Å². The van der Waals surface area contributed by atoms with Gasteiger partial charge in [-0.3, -0.25) is 0 Å². The highest BCUT2D eigenvalue weighted by Crippen LogP contribution is 2.33. The first-order valence-corrected chi connectivity index (χ1v) is 7.10. The summed E-state index contributed by atoms with van der Waals surface area (Å²) in [6, 6.07) is 8.19. The molecule has 0 spiro atoms. The van der Waals surface area contributed by atoms with Gasteiger partial charge >= 0.3 is 0 Å². The van der Waals surface area contributed by atoms with E-state index in [0.717, 1.165) is 28.6 Å². The van der Waals surface area contributed by atoms with Crippen molar-refractivity contribution in [2.24, 2.45) is 0 Å². The Morgan fingerprint density at radius 1 is 1.05 bits per heavy atom. The second-order valence-corrected chi connectivity index (χ2v) is 5.43. The maximum atomic E-state index is 4.42. The Labute approximate surface area is 126 Å². The van der Waals surface area contributed by atoms with E-state index in [0.29, 0.717) is 5.92 Å². The first kappa shape index (κ1) is 15.1. The van der Waals surface area contributed by atoms with Crippen molar-refractivity contribution in [2.45, 2.75) is 19.8 Å². The Hall–Kier alpha value is -2.30. The Morgan fingerprint density at radius 3 is 2.33 bits per heavy atom. The average molecular weight is 285 g/mol. The number of aromatic nitrogens is 2. The number of nitrogens with one attached hydrogen (secondary N) is 2. The van der Waals surface area contributed by atoms with Crippen molar-refractivity contribution in [3.05, 3.63) is 36.2 Å². The van der Waals surface area contributed by atoms with Crippen LogP contribution in [-0.4, -0.2) is 31.1 Å². The van der Waals surface area contributed by atoms with E-state index < -0.39 is 0 Å². The molecule has 0 fully saturated rings. The SMILES string of the molecule is CNc1ncnc(Nc2ccccc2N(C)C)c1C(C)C. The predicted octanol–water partition coefficient (Wildman–Crippen LogP) is 3.45. The van der Waals surface area contributed by atoms with Crippen molar-refractivity contribution in [1.29, 1.82) is 0 Å². The molecule has 0 amide bonds. The molecule has 0 bridgehead atoms. The van der Waals surface area contributed by atoms with Gasteiger partial charge in [-0.05, 0) is 18.1 Å². The molecule has 0 aliphatic heterocycles. The van der Waals surface area contributed by atoms with Crippen molar-refractivity contribution in [3.8, 4) is 0 Å². The van der Waals surface area contributed by atoms with Gasteiger partial charge in [0.05, 0.1) is 11.4 Å². The van der Waals surface area contributed by atoms with Gasteiger partial charge < -0.3 is 15.5 Å². The molecule has 21 heavy (non-hydrogen) atoms. The number of anilines is 4. The second-order valence-electron chi connectivity index (χ2n) is 5.43. The van der Waals surface area contributed by atoms with E-state index in [-0.39, 0.29) is 0 Å². The average Bonchev–Trinajstić information content (AvgIpc) is 2.47. The summed E-state index contributed by atoms with van der Waals surface area (Å²) in [5, 5.41) is 6.58. The molecule has 5 nitrogen and oxygen atoms in total. The first-order chi connectivity index (χ1) is 10.0. The minimum Gasteiger partial charge on any atom is -0.376 e. The third-order valence-corrected chi connectivity index (χ3v) is 3.34. The summed E-state index contributed by atoms with van der Waals surface area (Å²) in [4.78, 5) is 10.8. The molecule has 0 unspecified atom stereocenters. The van der Waals surface area contributed by atoms with E-state index in [1.165, 1.54) is 0 Å². The number of para-hydroxylation sites is 2. The summed E-state index contributed by atoms with van der Waals surface area (Å²) >= 11 is 0. The number of rotatable bonds is 5. The molecule has 2 N–H and O–H groups in total. The summed E-state index contributed by atoms with van der Waals surface area (Å²) in [6.45, 7) is 4.28. The Bertz CT molecular complexity index is 607. The quantitative estimate of drug-likeness (QED) is 0.881. The lowest BCUT2D eigenvalue weighted by atomic mass is 10.0. The van der Waals surface area contributed by atoms with Gasteiger partial charge in [0, 0.05) is 26.7 Å². The molecule has 0 radical (unpaired) electrons. The van der Waals surface area contributed by atoms with Crippen molar-refractivity contribution < 1.29 is 0 Å². The second kappa shape index (κ2) is 6.43. The zero-order valence-electron chi connectivity index (χ0n) is 13.3. The minimum absolute atomic E-state index is 0.322. The van der Waals surface area contributed by atoms with Crippen molar-refractivity contribution in [1.82, 2.24) is 9.97 Å². The van der Waals surface area contributed by atoms with Gasteiger partial charge in [-0.2, -0.15) is 0 Å². The molecule has 2 rings (SSSR count). The maximum Gasteiger partial charge on any atom is 0.139 e. The van der Waals surface area contributed by atoms with E-state index >= 15 is 0 Å². The molecule has 0 atom stereocenters. The van der Waals surface area contributed by atoms with Crippen LogP contribution in [0.4, 0.5) is 23.0 Å². The first-order valence-electron chi connectivity index (χ1n) is 7.10. The highest BCUT2D eigenvalue weighted by atomic mass is 15.1. The highest BCUT2D eigenvalue weighted by Gasteiger charge is 2.15. The van der Waals surface area contributed by atoms with Crippen LogP contribution >= 0.6 is 0 Å². The largest absolute Gasteiger partial charge is 0.376 e. The van der Waals surface area contributed by atoms with Gasteiger partial charge in [-0.25, -0.2) is 9.97 Å². The zero-order valence-corrected chi connectivity index (χ0v) is 13.3. The third kappa shape index (κ3) is 3.24. The van der Waals surface area contributed by atoms with Gasteiger partial charge in [0.2, 0.25) is 0 Å². The number of hydrogen-bond acceptors (Lipinski definition) is 5. The molecular weight excluding hydrogens is 262 g/mol. The van der Waals surface area contributed by atoms with Crippen molar-refractivity contribution in [2.75, 3.05) is 36.7 Å². The molecule has 0 aliphatic carbocycles. The normalized spacial score (nSPS) is 10.6. The Morgan fingerprint density at radius 2 is 1.71 bits per heavy atom. The molecule has 112 valence electrons. The molecule has 2 aromatic rings. The standard InChI is InChI=1S/C16H23N5/c1-11(2)14-15(17-3)18-10-19-16(14)20-12-8-6-7-9-13(12)21(4)5/h6-11H,1-5H3,(H2,17,18,19,20). The van der Waals surface area contributed by atoms with Crippen LogP contribution in [0.2, 0.25) is 0 Å². The molecule has 0 saturated heterocycles. The molecule has 1 heterocycles. The van der Waals surface area contributed by atoms with Crippen molar-refractivity contribution >= 4 is 23.0 Å². The van der Waals surface area contributed by atoms with E-state index in [4.69, 9.17) is 0 Å². The van der Waals surface area contributed by atoms with Gasteiger partial charge in [0.15, 0.2) is 0 Å². The van der Waals surface area contributed by atoms with Crippen LogP contribution in [0.15, 0.2) is 30.6 Å². The van der Waals surface area contributed by atoms with E-state index in [1.54, 1.807) is 6.33 Å². The summed E-state index contributed by atoms with van der Waals surface area (Å²) in [6.07, 6.45) is 1.58. The molecule has 1 aromatic carbocycles. The summed E-state index contributed by atoms with van der Waals surface area (Å²) in [7, 11) is 5.94. The van der Waals surface area contributed by atoms with Crippen LogP contribution in [0.5, 0.6) is 0 Å². The number of benzene rings is 1. The van der Waals surface area contributed by atoms with E-state index in [2.05, 4.69) is 51.5 Å². The maximum absolute atomic E-state index is 4.42. The number of hydrogen-bond donors (Lipinski definition) is 2. The fourth-order valence-corrected chi connectivity index (χ4v) is 2.34. The Balaban J connectivity index is 2.45. The van der Waals surface area contributed by atoms with E-state index in [9.17, 15) is 0 Å². The van der Waals surface area contributed by atoms with Crippen molar-refractivity contribution in [3.63, 3.8) is 0 Å². The van der Waals surface area contributed by atoms with Crippen LogP contribution in [0.25, 0.3) is 0 Å². The molecular formula is C16H23N5. The zero-order chi connectivity index (χ0) is 15.4. The molecule has 5 heteroatoms. The van der Waals surface area contributed by atoms with Gasteiger partial charge in [0.1, 0.15) is 18.0 Å². The highest BCUT2D eigenvalue weighted by molar-refractivity contribution is 5.76. The van der Waals surface area contributed by atoms with Crippen LogP contribution < -0.4 is 15.5 Å². The lowest BCUT2D eigenvalue weighted by molar-refractivity contribution is 0.852. The van der Waals surface area contributed by atoms with Gasteiger partial charge in [0.25, 0.3) is 0 Å². The Kier molecular flexibility index (Phi) is 4.62. The van der Waals surface area contributed by atoms with Gasteiger partial charge in [-0.1, -0.05) is 26.0 Å². The van der Waals surface area contributed by atoms with Crippen LogP contribution in [0, 0.1) is 0 Å². The third-order valence-electron chi connectivity index (χ3n) is 3.34. The molecule has 1 aromatic heterocycles. The monoisotopic (exact) mass is 285 g/mol. The fourth-order valence-electron chi connectivity index (χ4n) is 2.34. The smallest absolute Gasteiger partial charge is 0.139 e. The molecule has 0 saturated carbocycles. The van der Waals surface area contributed by atoms with Gasteiger partial charge in [-0.15, -0.1) is 0 Å². The van der Waals surface area contributed by atoms with E-state index in [1.807, 2.05) is 33.3 Å². The summed E-state index contributed by atoms with van der Waals surface area (Å²) < 4.78 is 0. The lowest BCUT2D eigenvalue weighted by Crippen LogP contribution is -2.12. The summed E-state index contributed by atoms with van der Waals surface area (Å²) in [5.41, 5.74) is 3.25. The predicted molar refractivity (Wildman–Crippen MR) is 89.7 cm³/mol. The number of nitrogens with zero attached hydrogens (tertiary/aromatic N) is 3. The summed E-state index contributed by atoms with van der Waals surface area (Å²) in [5.74, 6) is 2.03. The van der Waals surface area contributed by atoms with Crippen LogP contribution in [0.3, 0.4) is 0 Å². The lowest BCUT2D eigenvalue weighted by Gasteiger charge is -2.21.